The first-order valence-corrected chi connectivity index (χ1v) is 7.76. The van der Waals surface area contributed by atoms with Crippen molar-refractivity contribution in [2.24, 2.45) is 0 Å². The van der Waals surface area contributed by atoms with Gasteiger partial charge in [-0.3, -0.25) is 20.2 Å². The number of anilines is 1. The maximum Gasteiger partial charge on any atom is 0.269 e. The molecule has 0 saturated carbocycles. The van der Waals surface area contributed by atoms with Crippen LogP contribution in [0.2, 0.25) is 5.02 Å². The Labute approximate surface area is 139 Å². The van der Waals surface area contributed by atoms with E-state index in [-0.39, 0.29) is 11.6 Å². The van der Waals surface area contributed by atoms with E-state index < -0.39 is 4.92 Å². The fraction of sp³-hybridized carbons (Fsp3) is 0.0667. The summed E-state index contributed by atoms with van der Waals surface area (Å²) in [6.45, 7) is 1.90. The van der Waals surface area contributed by atoms with E-state index in [4.69, 9.17) is 11.6 Å². The number of hydrogen-bond donors (Lipinski definition) is 1. The summed E-state index contributed by atoms with van der Waals surface area (Å²) in [5.41, 5.74) is 1.98. The van der Waals surface area contributed by atoms with Crippen LogP contribution in [-0.4, -0.2) is 15.8 Å². The van der Waals surface area contributed by atoms with E-state index in [0.29, 0.717) is 15.7 Å². The van der Waals surface area contributed by atoms with E-state index in [1.54, 1.807) is 6.07 Å². The number of fused-ring (bicyclic) bond motifs is 1. The van der Waals surface area contributed by atoms with Crippen molar-refractivity contribution in [2.45, 2.75) is 6.92 Å². The zero-order chi connectivity index (χ0) is 16.6. The Morgan fingerprint density at radius 3 is 2.65 bits per heavy atom. The van der Waals surface area contributed by atoms with Gasteiger partial charge in [0.2, 0.25) is 0 Å². The summed E-state index contributed by atoms with van der Waals surface area (Å²) in [4.78, 5) is 26.7. The van der Waals surface area contributed by atoms with Gasteiger partial charge in [0.25, 0.3) is 11.6 Å². The summed E-state index contributed by atoms with van der Waals surface area (Å²) in [5, 5.41) is 14.4. The molecule has 8 heteroatoms. The van der Waals surface area contributed by atoms with Gasteiger partial charge < -0.3 is 0 Å². The number of hydrogen-bond acceptors (Lipinski definition) is 5. The lowest BCUT2D eigenvalue weighted by atomic mass is 10.2. The minimum absolute atomic E-state index is 0.0631. The summed E-state index contributed by atoms with van der Waals surface area (Å²) >= 11 is 7.33. The Kier molecular flexibility index (Phi) is 3.97. The van der Waals surface area contributed by atoms with Crippen molar-refractivity contribution >= 4 is 49.9 Å². The van der Waals surface area contributed by atoms with Crippen molar-refractivity contribution in [3.63, 3.8) is 0 Å². The molecule has 0 aliphatic heterocycles. The van der Waals surface area contributed by atoms with Gasteiger partial charge in [-0.25, -0.2) is 4.98 Å². The lowest BCUT2D eigenvalue weighted by Gasteiger charge is -2.01. The molecule has 0 atom stereocenters. The molecule has 1 aromatic heterocycles. The molecule has 0 bridgehead atoms. The van der Waals surface area contributed by atoms with Crippen LogP contribution in [0.15, 0.2) is 36.4 Å². The lowest BCUT2D eigenvalue weighted by molar-refractivity contribution is -0.384. The van der Waals surface area contributed by atoms with E-state index in [1.165, 1.54) is 35.6 Å². The van der Waals surface area contributed by atoms with Crippen LogP contribution in [0.4, 0.5) is 10.8 Å². The van der Waals surface area contributed by atoms with Crippen LogP contribution in [0, 0.1) is 17.0 Å². The number of nitrogens with one attached hydrogen (secondary N) is 1. The quantitative estimate of drug-likeness (QED) is 0.561. The third-order valence-corrected chi connectivity index (χ3v) is 4.35. The molecule has 1 heterocycles. The topological polar surface area (TPSA) is 85.1 Å². The largest absolute Gasteiger partial charge is 0.298 e. The Morgan fingerprint density at radius 1 is 1.30 bits per heavy atom. The van der Waals surface area contributed by atoms with Gasteiger partial charge in [-0.2, -0.15) is 0 Å². The first-order valence-electron chi connectivity index (χ1n) is 6.56. The molecule has 1 N–H and O–H groups in total. The highest BCUT2D eigenvalue weighted by molar-refractivity contribution is 7.22. The second kappa shape index (κ2) is 5.94. The van der Waals surface area contributed by atoms with Crippen molar-refractivity contribution in [1.82, 2.24) is 4.98 Å². The predicted octanol–water partition coefficient (Wildman–Crippen LogP) is 4.42. The number of nitro groups is 1. The summed E-state index contributed by atoms with van der Waals surface area (Å²) in [6, 6.07) is 8.99. The van der Waals surface area contributed by atoms with Crippen molar-refractivity contribution in [3.8, 4) is 0 Å². The maximum absolute atomic E-state index is 12.2. The Hall–Kier alpha value is -2.51. The first kappa shape index (κ1) is 15.4. The molecule has 116 valence electrons. The Bertz CT molecular complexity index is 922. The highest BCUT2D eigenvalue weighted by Gasteiger charge is 2.13. The van der Waals surface area contributed by atoms with E-state index in [9.17, 15) is 14.9 Å². The van der Waals surface area contributed by atoms with Gasteiger partial charge in [-0.05, 0) is 36.8 Å². The van der Waals surface area contributed by atoms with Gasteiger partial charge in [0, 0.05) is 22.7 Å². The highest BCUT2D eigenvalue weighted by Crippen LogP contribution is 2.31. The van der Waals surface area contributed by atoms with Crippen LogP contribution in [0.5, 0.6) is 0 Å². The van der Waals surface area contributed by atoms with Crippen molar-refractivity contribution < 1.29 is 9.72 Å². The number of nitrogens with zero attached hydrogens (tertiary/aromatic N) is 2. The molecular formula is C15H10ClN3O3S. The van der Waals surface area contributed by atoms with Gasteiger partial charge >= 0.3 is 0 Å². The molecule has 23 heavy (non-hydrogen) atoms. The highest BCUT2D eigenvalue weighted by atomic mass is 35.5. The zero-order valence-corrected chi connectivity index (χ0v) is 13.4. The fourth-order valence-corrected chi connectivity index (χ4v) is 3.43. The first-order chi connectivity index (χ1) is 10.9. The van der Waals surface area contributed by atoms with Gasteiger partial charge in [0.05, 0.1) is 15.1 Å². The smallest absolute Gasteiger partial charge is 0.269 e. The number of carbonyl (C=O) groups is 1. The summed E-state index contributed by atoms with van der Waals surface area (Å²) in [6.07, 6.45) is 0. The Balaban J connectivity index is 1.85. The monoisotopic (exact) mass is 347 g/mol. The third kappa shape index (κ3) is 3.15. The van der Waals surface area contributed by atoms with Gasteiger partial charge in [-0.1, -0.05) is 22.9 Å². The number of non-ortho nitro benzene ring substituents is 1. The molecule has 0 saturated heterocycles. The molecule has 0 fully saturated rings. The van der Waals surface area contributed by atoms with Gasteiger partial charge in [0.1, 0.15) is 0 Å². The minimum atomic E-state index is -0.512. The molecule has 6 nitrogen and oxygen atoms in total. The average Bonchev–Trinajstić information content (AvgIpc) is 2.90. The number of aryl methyl sites for hydroxylation is 1. The number of thiazole rings is 1. The standard InChI is InChI=1S/C15H10ClN3O3S/c1-8-6-10(16)7-12-13(8)17-15(23-12)18-14(20)9-2-4-11(5-3-9)19(21)22/h2-7H,1H3,(H,17,18,20). The summed E-state index contributed by atoms with van der Waals surface area (Å²) in [7, 11) is 0. The molecule has 0 radical (unpaired) electrons. The normalized spacial score (nSPS) is 10.7. The second-order valence-electron chi connectivity index (χ2n) is 4.85. The van der Waals surface area contributed by atoms with E-state index in [0.717, 1.165) is 15.8 Å². The van der Waals surface area contributed by atoms with Crippen molar-refractivity contribution in [1.29, 1.82) is 0 Å². The Morgan fingerprint density at radius 2 is 2.00 bits per heavy atom. The van der Waals surface area contributed by atoms with Crippen LogP contribution in [-0.2, 0) is 0 Å². The average molecular weight is 348 g/mol. The molecule has 0 spiro atoms. The number of nitro benzene ring substituents is 1. The van der Waals surface area contributed by atoms with Crippen LogP contribution in [0.25, 0.3) is 10.2 Å². The lowest BCUT2D eigenvalue weighted by Crippen LogP contribution is -2.11. The predicted molar refractivity (Wildman–Crippen MR) is 90.4 cm³/mol. The minimum Gasteiger partial charge on any atom is -0.298 e. The summed E-state index contributed by atoms with van der Waals surface area (Å²) in [5.74, 6) is -0.372. The number of benzene rings is 2. The van der Waals surface area contributed by atoms with Crippen LogP contribution in [0.1, 0.15) is 15.9 Å². The molecule has 0 aliphatic rings. The number of aromatic nitrogens is 1. The summed E-state index contributed by atoms with van der Waals surface area (Å²) < 4.78 is 0.883. The van der Waals surface area contributed by atoms with Gasteiger partial charge in [-0.15, -0.1) is 0 Å². The van der Waals surface area contributed by atoms with Crippen LogP contribution in [0.3, 0.4) is 0 Å². The molecule has 1 amide bonds. The van der Waals surface area contributed by atoms with Crippen LogP contribution >= 0.6 is 22.9 Å². The molecule has 0 aliphatic carbocycles. The third-order valence-electron chi connectivity index (χ3n) is 3.21. The SMILES string of the molecule is Cc1cc(Cl)cc2sc(NC(=O)c3ccc([N+](=O)[O-])cc3)nc12. The molecule has 3 rings (SSSR count). The molecular weight excluding hydrogens is 338 g/mol. The molecule has 0 unspecified atom stereocenters. The van der Waals surface area contributed by atoms with Crippen molar-refractivity contribution in [2.75, 3.05) is 5.32 Å². The zero-order valence-electron chi connectivity index (χ0n) is 11.9. The van der Waals surface area contributed by atoms with Gasteiger partial charge in [0.15, 0.2) is 5.13 Å². The number of amides is 1. The molecule has 2 aromatic carbocycles. The maximum atomic E-state index is 12.2. The number of rotatable bonds is 3. The van der Waals surface area contributed by atoms with Crippen molar-refractivity contribution in [3.05, 3.63) is 62.7 Å². The van der Waals surface area contributed by atoms with E-state index >= 15 is 0 Å². The number of halogens is 1. The molecule has 3 aromatic rings. The van der Waals surface area contributed by atoms with E-state index in [2.05, 4.69) is 10.3 Å². The van der Waals surface area contributed by atoms with Crippen LogP contribution < -0.4 is 5.32 Å². The fourth-order valence-electron chi connectivity index (χ4n) is 2.11. The van der Waals surface area contributed by atoms with E-state index in [1.807, 2.05) is 13.0 Å². The number of carbonyl (C=O) groups excluding carboxylic acids is 1. The second-order valence-corrected chi connectivity index (χ2v) is 6.31.